The van der Waals surface area contributed by atoms with Gasteiger partial charge in [-0.25, -0.2) is 8.42 Å². The Morgan fingerprint density at radius 1 is 1.26 bits per heavy atom. The number of ether oxygens (including phenoxy) is 1. The van der Waals surface area contributed by atoms with Crippen molar-refractivity contribution in [1.29, 1.82) is 0 Å². The molecule has 1 aromatic rings. The van der Waals surface area contributed by atoms with Gasteiger partial charge in [0.15, 0.2) is 0 Å². The molecule has 3 heterocycles. The maximum Gasteiger partial charge on any atom is 0.243 e. The number of amides is 2. The van der Waals surface area contributed by atoms with E-state index in [9.17, 15) is 18.0 Å². The van der Waals surface area contributed by atoms with Crippen molar-refractivity contribution in [1.82, 2.24) is 9.62 Å². The summed E-state index contributed by atoms with van der Waals surface area (Å²) in [5, 5.41) is 2.86. The summed E-state index contributed by atoms with van der Waals surface area (Å²) >= 11 is 1.51. The number of carbonyl (C=O) groups excluding carboxylic acids is 2. The Morgan fingerprint density at radius 3 is 2.74 bits per heavy atom. The molecule has 2 saturated heterocycles. The van der Waals surface area contributed by atoms with Crippen molar-refractivity contribution in [2.75, 3.05) is 43.4 Å². The van der Waals surface area contributed by atoms with E-state index in [1.165, 1.54) is 21.0 Å². The number of hydrogen-bond acceptors (Lipinski definition) is 6. The molecule has 8 nitrogen and oxygen atoms in total. The highest BCUT2D eigenvalue weighted by Gasteiger charge is 2.33. The molecule has 0 aromatic heterocycles. The smallest absolute Gasteiger partial charge is 0.243 e. The molecule has 10 heteroatoms. The van der Waals surface area contributed by atoms with Crippen LogP contribution in [0.1, 0.15) is 32.6 Å². The zero-order valence-corrected chi connectivity index (χ0v) is 19.3. The van der Waals surface area contributed by atoms with Crippen molar-refractivity contribution in [3.05, 3.63) is 18.2 Å². The summed E-state index contributed by atoms with van der Waals surface area (Å²) in [5.74, 6) is -0.143. The van der Waals surface area contributed by atoms with Gasteiger partial charge in [0.1, 0.15) is 6.54 Å². The number of sulfonamides is 1. The van der Waals surface area contributed by atoms with Crippen LogP contribution in [-0.2, 0) is 24.3 Å². The minimum absolute atomic E-state index is 0.0164. The van der Waals surface area contributed by atoms with Crippen molar-refractivity contribution in [3.63, 3.8) is 0 Å². The van der Waals surface area contributed by atoms with E-state index in [2.05, 4.69) is 5.32 Å². The average molecular weight is 468 g/mol. The van der Waals surface area contributed by atoms with Crippen molar-refractivity contribution in [3.8, 4) is 0 Å². The van der Waals surface area contributed by atoms with Crippen LogP contribution < -0.4 is 10.2 Å². The predicted molar refractivity (Wildman–Crippen MR) is 119 cm³/mol. The Bertz CT molecular complexity index is 940. The van der Waals surface area contributed by atoms with Crippen molar-refractivity contribution in [2.24, 2.45) is 5.92 Å². The monoisotopic (exact) mass is 467 g/mol. The lowest BCUT2D eigenvalue weighted by molar-refractivity contribution is -0.125. The van der Waals surface area contributed by atoms with Crippen LogP contribution in [0.25, 0.3) is 0 Å². The van der Waals surface area contributed by atoms with E-state index in [4.69, 9.17) is 4.74 Å². The molecule has 3 aliphatic heterocycles. The molecule has 3 aliphatic rings. The van der Waals surface area contributed by atoms with Gasteiger partial charge in [0.05, 0.1) is 16.7 Å². The number of nitrogens with one attached hydrogen (secondary N) is 1. The minimum atomic E-state index is -3.62. The third kappa shape index (κ3) is 4.92. The first-order valence-corrected chi connectivity index (χ1v) is 13.3. The van der Waals surface area contributed by atoms with Gasteiger partial charge in [-0.05, 0) is 43.9 Å². The van der Waals surface area contributed by atoms with E-state index in [1.807, 2.05) is 6.92 Å². The van der Waals surface area contributed by atoms with Gasteiger partial charge >= 0.3 is 0 Å². The van der Waals surface area contributed by atoms with Gasteiger partial charge in [-0.3, -0.25) is 9.59 Å². The molecule has 1 aromatic carbocycles. The van der Waals surface area contributed by atoms with E-state index < -0.39 is 10.0 Å². The number of anilines is 1. The Balaban J connectivity index is 1.58. The molecule has 2 amide bonds. The summed E-state index contributed by atoms with van der Waals surface area (Å²) in [6.07, 6.45) is 3.63. The fourth-order valence-electron chi connectivity index (χ4n) is 4.13. The predicted octanol–water partition coefficient (Wildman–Crippen LogP) is 1.84. The maximum atomic E-state index is 13.1. The van der Waals surface area contributed by atoms with Crippen LogP contribution in [0.4, 0.5) is 5.69 Å². The molecule has 1 N–H and O–H groups in total. The number of hydrogen-bond donors (Lipinski definition) is 1. The lowest BCUT2D eigenvalue weighted by atomic mass is 10.1. The zero-order valence-electron chi connectivity index (χ0n) is 17.7. The fourth-order valence-corrected chi connectivity index (χ4v) is 6.73. The molecular weight excluding hydrogens is 438 g/mol. The first-order chi connectivity index (χ1) is 14.9. The van der Waals surface area contributed by atoms with Gasteiger partial charge in [-0.15, -0.1) is 11.8 Å². The number of rotatable bonds is 6. The summed E-state index contributed by atoms with van der Waals surface area (Å²) in [6, 6.07) is 4.92. The normalized spacial score (nSPS) is 24.8. The van der Waals surface area contributed by atoms with Gasteiger partial charge in [0.2, 0.25) is 21.8 Å². The van der Waals surface area contributed by atoms with Crippen LogP contribution in [0.3, 0.4) is 0 Å². The molecule has 0 saturated carbocycles. The van der Waals surface area contributed by atoms with Crippen LogP contribution >= 0.6 is 11.8 Å². The molecule has 0 radical (unpaired) electrons. The quantitative estimate of drug-likeness (QED) is 0.686. The van der Waals surface area contributed by atoms with Crippen molar-refractivity contribution < 1.29 is 22.7 Å². The highest BCUT2D eigenvalue weighted by Crippen LogP contribution is 2.38. The number of carbonyl (C=O) groups is 2. The summed E-state index contributed by atoms with van der Waals surface area (Å²) in [6.45, 7) is 3.85. The summed E-state index contributed by atoms with van der Waals surface area (Å²) < 4.78 is 33.1. The molecule has 0 unspecified atom stereocenters. The Hall–Kier alpha value is -1.62. The first-order valence-electron chi connectivity index (χ1n) is 10.8. The van der Waals surface area contributed by atoms with Crippen LogP contribution in [-0.4, -0.2) is 69.2 Å². The fraction of sp³-hybridized carbons (Fsp3) is 0.619. The van der Waals surface area contributed by atoms with Crippen LogP contribution in [0.2, 0.25) is 0 Å². The number of benzene rings is 1. The van der Waals surface area contributed by atoms with Gasteiger partial charge in [-0.1, -0.05) is 6.92 Å². The highest BCUT2D eigenvalue weighted by atomic mass is 32.2. The molecule has 2 atom stereocenters. The molecule has 170 valence electrons. The summed E-state index contributed by atoms with van der Waals surface area (Å²) in [4.78, 5) is 28.1. The Labute approximate surface area is 187 Å². The van der Waals surface area contributed by atoms with Crippen LogP contribution in [0.5, 0.6) is 0 Å². The highest BCUT2D eigenvalue weighted by molar-refractivity contribution is 7.99. The standard InChI is InChI=1S/C21H29N3O5S2/c1-15-14-30-19-7-6-17(31(27,28)23-8-2-3-9-23)11-18(19)24(21(15)26)13-20(25)22-12-16-5-4-10-29-16/h6-7,11,15-16H,2-5,8-10,12-14H2,1H3,(H,22,25)/t15-,16+/m0/s1. The second kappa shape index (κ2) is 9.48. The number of fused-ring (bicyclic) bond motifs is 1. The molecule has 0 bridgehead atoms. The summed E-state index contributed by atoms with van der Waals surface area (Å²) in [5.41, 5.74) is 0.492. The molecule has 2 fully saturated rings. The Morgan fingerprint density at radius 2 is 2.03 bits per heavy atom. The molecular formula is C21H29N3O5S2. The third-order valence-corrected chi connectivity index (χ3v) is 9.17. The number of thioether (sulfide) groups is 1. The second-order valence-corrected chi connectivity index (χ2v) is 11.3. The first kappa shape index (κ1) is 22.6. The van der Waals surface area contributed by atoms with Gasteiger partial charge in [0.25, 0.3) is 0 Å². The second-order valence-electron chi connectivity index (χ2n) is 8.32. The van der Waals surface area contributed by atoms with E-state index in [0.29, 0.717) is 37.7 Å². The van der Waals surface area contributed by atoms with Crippen molar-refractivity contribution in [2.45, 2.75) is 48.5 Å². The molecule has 4 rings (SSSR count). The van der Waals surface area contributed by atoms with E-state index in [0.717, 1.165) is 30.6 Å². The maximum absolute atomic E-state index is 13.1. The van der Waals surface area contributed by atoms with Gasteiger partial charge in [0, 0.05) is 42.8 Å². The molecule has 0 spiro atoms. The van der Waals surface area contributed by atoms with Crippen molar-refractivity contribution >= 4 is 39.3 Å². The lowest BCUT2D eigenvalue weighted by Gasteiger charge is -2.25. The topological polar surface area (TPSA) is 96.0 Å². The van der Waals surface area contributed by atoms with Gasteiger partial charge < -0.3 is 15.0 Å². The SMILES string of the molecule is C[C@H]1CSc2ccc(S(=O)(=O)N3CCCC3)cc2N(CC(=O)NC[C@H]2CCCO2)C1=O. The molecule has 31 heavy (non-hydrogen) atoms. The summed E-state index contributed by atoms with van der Waals surface area (Å²) in [7, 11) is -3.62. The largest absolute Gasteiger partial charge is 0.376 e. The lowest BCUT2D eigenvalue weighted by Crippen LogP contribution is -2.44. The zero-order chi connectivity index (χ0) is 22.0. The van der Waals surface area contributed by atoms with E-state index >= 15 is 0 Å². The third-order valence-electron chi connectivity index (χ3n) is 5.95. The van der Waals surface area contributed by atoms with Crippen LogP contribution in [0, 0.1) is 5.92 Å². The van der Waals surface area contributed by atoms with Gasteiger partial charge in [-0.2, -0.15) is 4.31 Å². The minimum Gasteiger partial charge on any atom is -0.376 e. The average Bonchev–Trinajstić information content (AvgIpc) is 3.46. The molecule has 0 aliphatic carbocycles. The van der Waals surface area contributed by atoms with E-state index in [-0.39, 0.29) is 35.3 Å². The van der Waals surface area contributed by atoms with Crippen LogP contribution in [0.15, 0.2) is 28.0 Å². The van der Waals surface area contributed by atoms with E-state index in [1.54, 1.807) is 18.2 Å². The number of nitrogens with zero attached hydrogens (tertiary/aromatic N) is 2. The Kier molecular flexibility index (Phi) is 6.90.